The Hall–Kier alpha value is -1.20. The van der Waals surface area contributed by atoms with Gasteiger partial charge in [0.2, 0.25) is 0 Å². The summed E-state index contributed by atoms with van der Waals surface area (Å²) in [7, 11) is 3.86. The van der Waals surface area contributed by atoms with Crippen molar-refractivity contribution >= 4 is 28.7 Å². The van der Waals surface area contributed by atoms with Gasteiger partial charge in [0.25, 0.3) is 0 Å². The normalized spacial score (nSPS) is 10.8. The smallest absolute Gasteiger partial charge is 0.169 e. The molecule has 16 heavy (non-hydrogen) atoms. The standard InChI is InChI=1S/C10H16ClFN4/c1-16(2)4-3-15-10-7(14)5-6(13)8(11)9(10)12/h5,15H,3-4,13-14H2,1-2H3. The fourth-order valence-corrected chi connectivity index (χ4v) is 1.40. The molecule has 0 fully saturated rings. The van der Waals surface area contributed by atoms with E-state index in [0.717, 1.165) is 6.54 Å². The van der Waals surface area contributed by atoms with Crippen molar-refractivity contribution < 1.29 is 4.39 Å². The first kappa shape index (κ1) is 12.9. The number of rotatable bonds is 4. The zero-order valence-corrected chi connectivity index (χ0v) is 10.1. The van der Waals surface area contributed by atoms with Gasteiger partial charge in [-0.3, -0.25) is 0 Å². The first-order valence-corrected chi connectivity index (χ1v) is 5.22. The largest absolute Gasteiger partial charge is 0.397 e. The summed E-state index contributed by atoms with van der Waals surface area (Å²) in [5.74, 6) is -0.599. The number of likely N-dealkylation sites (N-methyl/N-ethyl adjacent to an activating group) is 1. The molecule has 1 aromatic carbocycles. The van der Waals surface area contributed by atoms with Gasteiger partial charge in [0, 0.05) is 13.1 Å². The number of hydrogen-bond donors (Lipinski definition) is 3. The number of nitrogens with zero attached hydrogens (tertiary/aromatic N) is 1. The molecule has 0 aliphatic carbocycles. The number of nitrogens with two attached hydrogens (primary N) is 2. The van der Waals surface area contributed by atoms with E-state index in [-0.39, 0.29) is 22.1 Å². The van der Waals surface area contributed by atoms with Crippen LogP contribution in [-0.4, -0.2) is 32.1 Å². The molecule has 0 aliphatic rings. The molecule has 1 rings (SSSR count). The van der Waals surface area contributed by atoms with Crippen molar-refractivity contribution in [2.24, 2.45) is 0 Å². The predicted octanol–water partition coefficient (Wildman–Crippen LogP) is 1.62. The average Bonchev–Trinajstić information content (AvgIpc) is 2.19. The van der Waals surface area contributed by atoms with Crippen molar-refractivity contribution in [3.05, 3.63) is 16.9 Å². The molecule has 0 bridgehead atoms. The second kappa shape index (κ2) is 5.23. The van der Waals surface area contributed by atoms with Gasteiger partial charge in [-0.05, 0) is 20.2 Å². The van der Waals surface area contributed by atoms with Crippen molar-refractivity contribution in [1.82, 2.24) is 4.90 Å². The van der Waals surface area contributed by atoms with Crippen molar-refractivity contribution in [3.63, 3.8) is 0 Å². The highest BCUT2D eigenvalue weighted by Crippen LogP contribution is 2.33. The van der Waals surface area contributed by atoms with Gasteiger partial charge in [0.15, 0.2) is 5.82 Å². The van der Waals surface area contributed by atoms with Crippen LogP contribution < -0.4 is 16.8 Å². The van der Waals surface area contributed by atoms with Crippen molar-refractivity contribution in [1.29, 1.82) is 0 Å². The Kier molecular flexibility index (Phi) is 4.20. The van der Waals surface area contributed by atoms with Crippen LogP contribution in [-0.2, 0) is 0 Å². The number of anilines is 3. The molecule has 0 saturated heterocycles. The third-order valence-electron chi connectivity index (χ3n) is 2.13. The van der Waals surface area contributed by atoms with E-state index in [4.69, 9.17) is 23.1 Å². The maximum atomic E-state index is 13.7. The van der Waals surface area contributed by atoms with E-state index in [0.29, 0.717) is 6.54 Å². The molecule has 0 aromatic heterocycles. The fraction of sp³-hybridized carbons (Fsp3) is 0.400. The molecular weight excluding hydrogens is 231 g/mol. The fourth-order valence-electron chi connectivity index (χ4n) is 1.25. The van der Waals surface area contributed by atoms with E-state index < -0.39 is 5.82 Å². The number of nitrogen functional groups attached to an aromatic ring is 2. The van der Waals surface area contributed by atoms with Crippen molar-refractivity contribution in [2.75, 3.05) is 44.0 Å². The van der Waals surface area contributed by atoms with Gasteiger partial charge in [-0.25, -0.2) is 4.39 Å². The summed E-state index contributed by atoms with van der Waals surface area (Å²) in [4.78, 5) is 1.97. The highest BCUT2D eigenvalue weighted by Gasteiger charge is 2.13. The van der Waals surface area contributed by atoms with Crippen LogP contribution >= 0.6 is 11.6 Å². The molecule has 0 atom stereocenters. The summed E-state index contributed by atoms with van der Waals surface area (Å²) < 4.78 is 13.7. The third kappa shape index (κ3) is 2.90. The van der Waals surface area contributed by atoms with Crippen LogP contribution in [0, 0.1) is 5.82 Å². The zero-order chi connectivity index (χ0) is 12.3. The maximum Gasteiger partial charge on any atom is 0.169 e. The molecule has 4 nitrogen and oxygen atoms in total. The number of halogens is 2. The Morgan fingerprint density at radius 1 is 1.38 bits per heavy atom. The number of hydrogen-bond acceptors (Lipinski definition) is 4. The minimum Gasteiger partial charge on any atom is -0.397 e. The van der Waals surface area contributed by atoms with Crippen LogP contribution in [0.5, 0.6) is 0 Å². The topological polar surface area (TPSA) is 67.3 Å². The van der Waals surface area contributed by atoms with Crippen molar-refractivity contribution in [2.45, 2.75) is 0 Å². The predicted molar refractivity (Wildman–Crippen MR) is 67.3 cm³/mol. The van der Waals surface area contributed by atoms with Crippen LogP contribution in [0.3, 0.4) is 0 Å². The molecule has 0 amide bonds. The van der Waals surface area contributed by atoms with E-state index in [1.807, 2.05) is 19.0 Å². The van der Waals surface area contributed by atoms with Gasteiger partial charge >= 0.3 is 0 Å². The van der Waals surface area contributed by atoms with Gasteiger partial charge < -0.3 is 21.7 Å². The number of nitrogens with one attached hydrogen (secondary N) is 1. The van der Waals surface area contributed by atoms with Crippen LogP contribution in [0.2, 0.25) is 5.02 Å². The highest BCUT2D eigenvalue weighted by molar-refractivity contribution is 6.33. The second-order valence-electron chi connectivity index (χ2n) is 3.79. The molecule has 0 heterocycles. The summed E-state index contributed by atoms with van der Waals surface area (Å²) in [5.41, 5.74) is 11.8. The SMILES string of the molecule is CN(C)CCNc1c(N)cc(N)c(Cl)c1F. The summed E-state index contributed by atoms with van der Waals surface area (Å²) >= 11 is 5.69. The monoisotopic (exact) mass is 246 g/mol. The Balaban J connectivity index is 2.84. The third-order valence-corrected chi connectivity index (χ3v) is 2.51. The van der Waals surface area contributed by atoms with E-state index in [2.05, 4.69) is 5.32 Å². The lowest BCUT2D eigenvalue weighted by atomic mass is 10.2. The van der Waals surface area contributed by atoms with Crippen molar-refractivity contribution in [3.8, 4) is 0 Å². The molecule has 6 heteroatoms. The molecule has 0 saturated carbocycles. The van der Waals surface area contributed by atoms with Gasteiger partial charge in [-0.15, -0.1) is 0 Å². The van der Waals surface area contributed by atoms with Gasteiger partial charge in [0.1, 0.15) is 5.02 Å². The van der Waals surface area contributed by atoms with E-state index in [1.165, 1.54) is 6.07 Å². The summed E-state index contributed by atoms with van der Waals surface area (Å²) in [6.45, 7) is 1.34. The zero-order valence-electron chi connectivity index (χ0n) is 9.35. The van der Waals surface area contributed by atoms with Crippen LogP contribution in [0.25, 0.3) is 0 Å². The molecule has 5 N–H and O–H groups in total. The van der Waals surface area contributed by atoms with Crippen LogP contribution in [0.1, 0.15) is 0 Å². The first-order valence-electron chi connectivity index (χ1n) is 4.85. The Labute approximate surface area is 99.3 Å². The molecule has 1 aromatic rings. The van der Waals surface area contributed by atoms with Crippen LogP contribution in [0.15, 0.2) is 6.07 Å². The summed E-state index contributed by atoms with van der Waals surface area (Å²) in [6.07, 6.45) is 0. The quantitative estimate of drug-likeness (QED) is 0.707. The summed E-state index contributed by atoms with van der Waals surface area (Å²) in [6, 6.07) is 1.45. The van der Waals surface area contributed by atoms with E-state index in [1.54, 1.807) is 0 Å². The maximum absolute atomic E-state index is 13.7. The Morgan fingerprint density at radius 2 is 2.00 bits per heavy atom. The average molecular weight is 247 g/mol. The van der Waals surface area contributed by atoms with E-state index in [9.17, 15) is 4.39 Å². The highest BCUT2D eigenvalue weighted by atomic mass is 35.5. The molecular formula is C10H16ClFN4. The van der Waals surface area contributed by atoms with Gasteiger partial charge in [0.05, 0.1) is 17.1 Å². The minimum atomic E-state index is -0.599. The minimum absolute atomic E-state index is 0.0958. The summed E-state index contributed by atoms with van der Waals surface area (Å²) in [5, 5.41) is 2.80. The Bertz CT molecular complexity index is 382. The molecule has 0 aliphatic heterocycles. The van der Waals surface area contributed by atoms with Gasteiger partial charge in [-0.2, -0.15) is 0 Å². The molecule has 0 radical (unpaired) electrons. The lowest BCUT2D eigenvalue weighted by Crippen LogP contribution is -2.21. The lowest BCUT2D eigenvalue weighted by molar-refractivity contribution is 0.425. The second-order valence-corrected chi connectivity index (χ2v) is 4.17. The van der Waals surface area contributed by atoms with Crippen LogP contribution in [0.4, 0.5) is 21.5 Å². The van der Waals surface area contributed by atoms with Gasteiger partial charge in [-0.1, -0.05) is 11.6 Å². The Morgan fingerprint density at radius 3 is 2.56 bits per heavy atom. The van der Waals surface area contributed by atoms with E-state index >= 15 is 0 Å². The molecule has 0 spiro atoms. The lowest BCUT2D eigenvalue weighted by Gasteiger charge is -2.15. The number of benzene rings is 1. The first-order chi connectivity index (χ1) is 7.43. The molecule has 90 valence electrons. The molecule has 0 unspecified atom stereocenters.